The Hall–Kier alpha value is -2.35. The van der Waals surface area contributed by atoms with E-state index in [1.807, 2.05) is 0 Å². The van der Waals surface area contributed by atoms with Crippen LogP contribution in [0.2, 0.25) is 5.15 Å². The van der Waals surface area contributed by atoms with Crippen LogP contribution in [0.25, 0.3) is 0 Å². The summed E-state index contributed by atoms with van der Waals surface area (Å²) >= 11 is 5.56. The van der Waals surface area contributed by atoms with Crippen LogP contribution in [-0.2, 0) is 0 Å². The van der Waals surface area contributed by atoms with E-state index >= 15 is 0 Å². The number of rotatable bonds is 5. The number of aromatic nitrogens is 2. The zero-order chi connectivity index (χ0) is 15.7. The van der Waals surface area contributed by atoms with Gasteiger partial charge in [-0.3, -0.25) is 5.43 Å². The van der Waals surface area contributed by atoms with Crippen LogP contribution >= 0.6 is 11.6 Å². The van der Waals surface area contributed by atoms with Crippen LogP contribution in [0.15, 0.2) is 23.6 Å². The number of anilines is 3. The largest absolute Gasteiger partial charge is 0.322 e. The normalized spacial score (nSPS) is 13.8. The molecule has 0 unspecified atom stereocenters. The molecule has 0 bridgehead atoms. The summed E-state index contributed by atoms with van der Waals surface area (Å²) in [7, 11) is 0. The first-order chi connectivity index (χ1) is 10.6. The standard InChI is InChI=1S/C13H11ClF2N6/c14-12-9(16)5-18-13(20-12)19-11-4-10(21-22-17)7(3-8(11)15)6-1-2-6/h3-6H,1-2H2,(H2,17,21)(H,18,19,20). The molecule has 0 spiro atoms. The molecule has 0 saturated heterocycles. The fraction of sp³-hybridized carbons (Fsp3) is 0.231. The summed E-state index contributed by atoms with van der Waals surface area (Å²) in [6.07, 6.45) is 2.86. The smallest absolute Gasteiger partial charge is 0.228 e. The first-order valence-electron chi connectivity index (χ1n) is 6.49. The maximum absolute atomic E-state index is 14.2. The lowest BCUT2D eigenvalue weighted by Crippen LogP contribution is -2.03. The SMILES string of the molecule is N=NNc1cc(Nc2ncc(F)c(Cl)n2)c(F)cc1C1CC1. The van der Waals surface area contributed by atoms with Crippen molar-refractivity contribution >= 4 is 28.9 Å². The van der Waals surface area contributed by atoms with Gasteiger partial charge < -0.3 is 5.32 Å². The van der Waals surface area contributed by atoms with Gasteiger partial charge in [0.15, 0.2) is 11.0 Å². The fourth-order valence-corrected chi connectivity index (χ4v) is 2.23. The minimum Gasteiger partial charge on any atom is -0.322 e. The third kappa shape index (κ3) is 2.96. The van der Waals surface area contributed by atoms with Crippen LogP contribution in [0.5, 0.6) is 0 Å². The van der Waals surface area contributed by atoms with E-state index in [2.05, 4.69) is 25.9 Å². The predicted molar refractivity (Wildman–Crippen MR) is 77.4 cm³/mol. The molecule has 0 aliphatic heterocycles. The van der Waals surface area contributed by atoms with Gasteiger partial charge in [-0.1, -0.05) is 16.8 Å². The Balaban J connectivity index is 1.93. The molecule has 2 aromatic rings. The number of hydrogen-bond acceptors (Lipinski definition) is 5. The molecule has 0 amide bonds. The topological polar surface area (TPSA) is 86.0 Å². The van der Waals surface area contributed by atoms with Gasteiger partial charge in [-0.05, 0) is 36.5 Å². The molecule has 1 aromatic heterocycles. The second-order valence-electron chi connectivity index (χ2n) is 4.87. The molecule has 3 N–H and O–H groups in total. The van der Waals surface area contributed by atoms with Gasteiger partial charge in [0, 0.05) is 0 Å². The maximum atomic E-state index is 14.2. The van der Waals surface area contributed by atoms with Crippen molar-refractivity contribution in [3.8, 4) is 0 Å². The molecule has 22 heavy (non-hydrogen) atoms. The number of nitrogens with zero attached hydrogens (tertiary/aromatic N) is 3. The molecular weight excluding hydrogens is 314 g/mol. The highest BCUT2D eigenvalue weighted by molar-refractivity contribution is 6.29. The number of halogens is 3. The lowest BCUT2D eigenvalue weighted by molar-refractivity contribution is 0.614. The van der Waals surface area contributed by atoms with Crippen LogP contribution in [0, 0.1) is 17.2 Å². The van der Waals surface area contributed by atoms with Gasteiger partial charge in [0.2, 0.25) is 5.95 Å². The molecule has 1 aliphatic rings. The summed E-state index contributed by atoms with van der Waals surface area (Å²) in [5.74, 6) is -1.00. The molecule has 1 fully saturated rings. The lowest BCUT2D eigenvalue weighted by Gasteiger charge is -2.12. The van der Waals surface area contributed by atoms with Gasteiger partial charge in [0.1, 0.15) is 5.82 Å². The highest BCUT2D eigenvalue weighted by Crippen LogP contribution is 2.45. The van der Waals surface area contributed by atoms with E-state index < -0.39 is 11.6 Å². The van der Waals surface area contributed by atoms with Crippen molar-refractivity contribution in [3.05, 3.63) is 40.7 Å². The molecule has 114 valence electrons. The van der Waals surface area contributed by atoms with Crippen molar-refractivity contribution in [2.45, 2.75) is 18.8 Å². The Morgan fingerprint density at radius 3 is 2.64 bits per heavy atom. The van der Waals surface area contributed by atoms with E-state index in [0.29, 0.717) is 5.69 Å². The zero-order valence-electron chi connectivity index (χ0n) is 11.2. The summed E-state index contributed by atoms with van der Waals surface area (Å²) in [4.78, 5) is 7.37. The first kappa shape index (κ1) is 14.6. The van der Waals surface area contributed by atoms with E-state index in [0.717, 1.165) is 24.6 Å². The minimum absolute atomic E-state index is 0.0294. The van der Waals surface area contributed by atoms with Crippen LogP contribution in [0.1, 0.15) is 24.3 Å². The fourth-order valence-electron chi connectivity index (χ4n) is 2.10. The third-order valence-corrected chi connectivity index (χ3v) is 3.55. The van der Waals surface area contributed by atoms with Crippen molar-refractivity contribution in [1.29, 1.82) is 5.53 Å². The Kier molecular flexibility index (Phi) is 3.84. The van der Waals surface area contributed by atoms with Gasteiger partial charge in [0.05, 0.1) is 17.6 Å². The van der Waals surface area contributed by atoms with Crippen molar-refractivity contribution in [3.63, 3.8) is 0 Å². The molecular formula is C13H11ClF2N6. The third-order valence-electron chi connectivity index (χ3n) is 3.28. The van der Waals surface area contributed by atoms with E-state index in [1.165, 1.54) is 12.1 Å². The van der Waals surface area contributed by atoms with Crippen LogP contribution in [0.3, 0.4) is 0 Å². The number of benzene rings is 1. The van der Waals surface area contributed by atoms with E-state index in [4.69, 9.17) is 17.1 Å². The van der Waals surface area contributed by atoms with Gasteiger partial charge >= 0.3 is 0 Å². The molecule has 1 saturated carbocycles. The quantitative estimate of drug-likeness (QED) is 0.432. The monoisotopic (exact) mass is 324 g/mol. The van der Waals surface area contributed by atoms with Crippen LogP contribution in [-0.4, -0.2) is 9.97 Å². The van der Waals surface area contributed by atoms with Gasteiger partial charge in [0.25, 0.3) is 0 Å². The molecule has 0 atom stereocenters. The molecule has 3 rings (SSSR count). The van der Waals surface area contributed by atoms with Crippen molar-refractivity contribution in [2.75, 3.05) is 10.7 Å². The minimum atomic E-state index is -0.757. The lowest BCUT2D eigenvalue weighted by atomic mass is 10.1. The highest BCUT2D eigenvalue weighted by Gasteiger charge is 2.27. The molecule has 1 aliphatic carbocycles. The molecule has 1 aromatic carbocycles. The van der Waals surface area contributed by atoms with E-state index in [9.17, 15) is 8.78 Å². The Morgan fingerprint density at radius 2 is 2.00 bits per heavy atom. The van der Waals surface area contributed by atoms with Crippen molar-refractivity contribution in [2.24, 2.45) is 5.22 Å². The van der Waals surface area contributed by atoms with Crippen molar-refractivity contribution in [1.82, 2.24) is 9.97 Å². The summed E-state index contributed by atoms with van der Waals surface area (Å²) in [5, 5.41) is 5.41. The van der Waals surface area contributed by atoms with Crippen molar-refractivity contribution < 1.29 is 8.78 Å². The Bertz CT molecular complexity index is 735. The zero-order valence-corrected chi connectivity index (χ0v) is 12.0. The molecule has 0 radical (unpaired) electrons. The summed E-state index contributed by atoms with van der Waals surface area (Å²) < 4.78 is 27.2. The van der Waals surface area contributed by atoms with Gasteiger partial charge in [-0.25, -0.2) is 13.8 Å². The van der Waals surface area contributed by atoms with Gasteiger partial charge in [-0.15, -0.1) is 0 Å². The Morgan fingerprint density at radius 1 is 1.23 bits per heavy atom. The van der Waals surface area contributed by atoms with E-state index in [-0.39, 0.29) is 22.7 Å². The highest BCUT2D eigenvalue weighted by atomic mass is 35.5. The average Bonchev–Trinajstić information content (AvgIpc) is 3.31. The second kappa shape index (κ2) is 5.80. The second-order valence-corrected chi connectivity index (χ2v) is 5.23. The molecule has 9 heteroatoms. The maximum Gasteiger partial charge on any atom is 0.228 e. The molecule has 1 heterocycles. The number of hydrogen-bond donors (Lipinski definition) is 3. The van der Waals surface area contributed by atoms with Crippen LogP contribution < -0.4 is 10.7 Å². The summed E-state index contributed by atoms with van der Waals surface area (Å²) in [6.45, 7) is 0. The summed E-state index contributed by atoms with van der Waals surface area (Å²) in [5.41, 5.74) is 10.8. The molecule has 6 nitrogen and oxygen atoms in total. The predicted octanol–water partition coefficient (Wildman–Crippen LogP) is 4.39. The average molecular weight is 325 g/mol. The van der Waals surface area contributed by atoms with Gasteiger partial charge in [-0.2, -0.15) is 10.5 Å². The summed E-state index contributed by atoms with van der Waals surface area (Å²) in [6, 6.07) is 2.86. The van der Waals surface area contributed by atoms with Crippen LogP contribution in [0.4, 0.5) is 26.1 Å². The Labute approximate surface area is 129 Å². The first-order valence-corrected chi connectivity index (χ1v) is 6.87. The number of nitrogens with one attached hydrogen (secondary N) is 3. The van der Waals surface area contributed by atoms with E-state index in [1.54, 1.807) is 0 Å².